The van der Waals surface area contributed by atoms with E-state index >= 15 is 0 Å². The van der Waals surface area contributed by atoms with Crippen molar-refractivity contribution in [1.29, 1.82) is 0 Å². The lowest BCUT2D eigenvalue weighted by atomic mass is 9.99. The fourth-order valence-electron chi connectivity index (χ4n) is 1.49. The Labute approximate surface area is 120 Å². The standard InChI is InChI=1S/C14H16N2O2.C2H6/c1-10-8-16-13(9-15-10)18-12-6-4-11(5-7-12)14(2,3)17;1-2/h4-9,17H,1-3H3;1-2H3. The Hall–Kier alpha value is -1.94. The molecule has 0 unspecified atom stereocenters. The smallest absolute Gasteiger partial charge is 0.237 e. The summed E-state index contributed by atoms with van der Waals surface area (Å²) in [7, 11) is 0. The molecule has 0 saturated heterocycles. The Kier molecular flexibility index (Phi) is 5.65. The molecule has 0 radical (unpaired) electrons. The summed E-state index contributed by atoms with van der Waals surface area (Å²) in [6.07, 6.45) is 3.24. The highest BCUT2D eigenvalue weighted by atomic mass is 16.5. The summed E-state index contributed by atoms with van der Waals surface area (Å²) in [6.45, 7) is 9.36. The minimum atomic E-state index is -0.845. The quantitative estimate of drug-likeness (QED) is 0.924. The summed E-state index contributed by atoms with van der Waals surface area (Å²) < 4.78 is 5.55. The lowest BCUT2D eigenvalue weighted by Gasteiger charge is -2.17. The lowest BCUT2D eigenvalue weighted by molar-refractivity contribution is 0.0785. The number of hydrogen-bond acceptors (Lipinski definition) is 4. The minimum absolute atomic E-state index is 0.455. The van der Waals surface area contributed by atoms with Crippen molar-refractivity contribution < 1.29 is 9.84 Å². The molecule has 1 N–H and O–H groups in total. The van der Waals surface area contributed by atoms with E-state index in [0.717, 1.165) is 11.3 Å². The second kappa shape index (κ2) is 7.01. The Morgan fingerprint density at radius 2 is 1.60 bits per heavy atom. The van der Waals surface area contributed by atoms with Crippen LogP contribution in [0.2, 0.25) is 0 Å². The van der Waals surface area contributed by atoms with Crippen molar-refractivity contribution in [2.24, 2.45) is 0 Å². The molecule has 0 amide bonds. The van der Waals surface area contributed by atoms with E-state index in [0.29, 0.717) is 11.6 Å². The average Bonchev–Trinajstić information content (AvgIpc) is 2.43. The maximum Gasteiger partial charge on any atom is 0.237 e. The monoisotopic (exact) mass is 274 g/mol. The highest BCUT2D eigenvalue weighted by Crippen LogP contribution is 2.24. The van der Waals surface area contributed by atoms with Crippen LogP contribution < -0.4 is 4.74 Å². The van der Waals surface area contributed by atoms with E-state index in [1.807, 2.05) is 32.9 Å². The SMILES string of the molecule is CC.Cc1cnc(Oc2ccc(C(C)(C)O)cc2)cn1. The van der Waals surface area contributed by atoms with Crippen LogP contribution in [-0.2, 0) is 5.60 Å². The van der Waals surface area contributed by atoms with Crippen LogP contribution >= 0.6 is 0 Å². The molecule has 2 rings (SSSR count). The third-order valence-electron chi connectivity index (χ3n) is 2.54. The average molecular weight is 274 g/mol. The molecule has 108 valence electrons. The Morgan fingerprint density at radius 1 is 1.00 bits per heavy atom. The van der Waals surface area contributed by atoms with Gasteiger partial charge in [-0.3, -0.25) is 4.98 Å². The summed E-state index contributed by atoms with van der Waals surface area (Å²) in [5.74, 6) is 1.12. The first-order valence-electron chi connectivity index (χ1n) is 6.74. The first kappa shape index (κ1) is 16.1. The van der Waals surface area contributed by atoms with Gasteiger partial charge in [-0.1, -0.05) is 26.0 Å². The molecule has 4 nitrogen and oxygen atoms in total. The fraction of sp³-hybridized carbons (Fsp3) is 0.375. The molecular weight excluding hydrogens is 252 g/mol. The van der Waals surface area contributed by atoms with Crippen molar-refractivity contribution in [1.82, 2.24) is 9.97 Å². The Morgan fingerprint density at radius 3 is 2.05 bits per heavy atom. The van der Waals surface area contributed by atoms with E-state index in [-0.39, 0.29) is 0 Å². The molecule has 0 bridgehead atoms. The third-order valence-corrected chi connectivity index (χ3v) is 2.54. The third kappa shape index (κ3) is 4.63. The normalized spacial score (nSPS) is 10.5. The summed E-state index contributed by atoms with van der Waals surface area (Å²) in [5, 5.41) is 9.84. The van der Waals surface area contributed by atoms with E-state index in [9.17, 15) is 5.11 Å². The van der Waals surface area contributed by atoms with Crippen molar-refractivity contribution >= 4 is 0 Å². The lowest BCUT2D eigenvalue weighted by Crippen LogP contribution is -2.14. The first-order valence-corrected chi connectivity index (χ1v) is 6.74. The zero-order valence-electron chi connectivity index (χ0n) is 12.7. The topological polar surface area (TPSA) is 55.2 Å². The van der Waals surface area contributed by atoms with Gasteiger partial charge in [-0.15, -0.1) is 0 Å². The van der Waals surface area contributed by atoms with Gasteiger partial charge in [-0.05, 0) is 38.5 Å². The van der Waals surface area contributed by atoms with Gasteiger partial charge in [0.25, 0.3) is 0 Å². The van der Waals surface area contributed by atoms with Crippen molar-refractivity contribution in [2.75, 3.05) is 0 Å². The molecule has 0 aliphatic carbocycles. The molecule has 0 fully saturated rings. The van der Waals surface area contributed by atoms with Gasteiger partial charge in [0.05, 0.1) is 23.7 Å². The molecule has 4 heteroatoms. The highest BCUT2D eigenvalue weighted by Gasteiger charge is 2.15. The van der Waals surface area contributed by atoms with Gasteiger partial charge in [-0.25, -0.2) is 4.98 Å². The van der Waals surface area contributed by atoms with Gasteiger partial charge < -0.3 is 9.84 Å². The van der Waals surface area contributed by atoms with E-state index in [1.165, 1.54) is 0 Å². The van der Waals surface area contributed by atoms with Gasteiger partial charge in [-0.2, -0.15) is 0 Å². The van der Waals surface area contributed by atoms with E-state index in [1.54, 1.807) is 38.4 Å². The van der Waals surface area contributed by atoms with Gasteiger partial charge in [0.1, 0.15) is 5.75 Å². The van der Waals surface area contributed by atoms with Gasteiger partial charge in [0, 0.05) is 0 Å². The fourth-order valence-corrected chi connectivity index (χ4v) is 1.49. The zero-order valence-corrected chi connectivity index (χ0v) is 12.7. The van der Waals surface area contributed by atoms with E-state index < -0.39 is 5.60 Å². The van der Waals surface area contributed by atoms with Crippen molar-refractivity contribution in [3.8, 4) is 11.6 Å². The molecule has 1 heterocycles. The molecule has 0 aliphatic heterocycles. The molecule has 1 aromatic carbocycles. The number of rotatable bonds is 3. The van der Waals surface area contributed by atoms with Crippen LogP contribution in [-0.4, -0.2) is 15.1 Å². The molecular formula is C16H22N2O2. The summed E-state index contributed by atoms with van der Waals surface area (Å²) in [4.78, 5) is 8.22. The number of aliphatic hydroxyl groups is 1. The summed E-state index contributed by atoms with van der Waals surface area (Å²) >= 11 is 0. The number of hydrogen-bond donors (Lipinski definition) is 1. The number of benzene rings is 1. The van der Waals surface area contributed by atoms with Gasteiger partial charge in [0.2, 0.25) is 5.88 Å². The molecule has 0 atom stereocenters. The minimum Gasteiger partial charge on any atom is -0.438 e. The van der Waals surface area contributed by atoms with Crippen LogP contribution in [0.4, 0.5) is 0 Å². The Balaban J connectivity index is 0.000000956. The second-order valence-electron chi connectivity index (χ2n) is 4.68. The molecule has 0 aliphatic rings. The number of aryl methyl sites for hydroxylation is 1. The van der Waals surface area contributed by atoms with Crippen LogP contribution in [0.25, 0.3) is 0 Å². The number of aromatic nitrogens is 2. The maximum absolute atomic E-state index is 9.84. The molecule has 2 aromatic rings. The van der Waals surface area contributed by atoms with Crippen molar-refractivity contribution in [2.45, 2.75) is 40.2 Å². The Bertz CT molecular complexity index is 514. The van der Waals surface area contributed by atoms with Crippen LogP contribution in [0.3, 0.4) is 0 Å². The number of nitrogens with zero attached hydrogens (tertiary/aromatic N) is 2. The van der Waals surface area contributed by atoms with Crippen LogP contribution in [0.5, 0.6) is 11.6 Å². The maximum atomic E-state index is 9.84. The zero-order chi connectivity index (χ0) is 15.2. The predicted octanol–water partition coefficient (Wildman–Crippen LogP) is 3.83. The molecule has 0 saturated carbocycles. The van der Waals surface area contributed by atoms with Gasteiger partial charge in [0.15, 0.2) is 0 Å². The molecule has 1 aromatic heterocycles. The van der Waals surface area contributed by atoms with E-state index in [2.05, 4.69) is 9.97 Å². The van der Waals surface area contributed by atoms with Gasteiger partial charge >= 0.3 is 0 Å². The van der Waals surface area contributed by atoms with E-state index in [4.69, 9.17) is 4.74 Å². The first-order chi connectivity index (χ1) is 9.45. The predicted molar refractivity (Wildman–Crippen MR) is 79.9 cm³/mol. The summed E-state index contributed by atoms with van der Waals surface area (Å²) in [6, 6.07) is 7.26. The van der Waals surface area contributed by atoms with Crippen molar-refractivity contribution in [3.63, 3.8) is 0 Å². The van der Waals surface area contributed by atoms with Crippen LogP contribution in [0.15, 0.2) is 36.7 Å². The van der Waals surface area contributed by atoms with Crippen LogP contribution in [0.1, 0.15) is 39.0 Å². The number of ether oxygens (including phenoxy) is 1. The molecule has 0 spiro atoms. The van der Waals surface area contributed by atoms with Crippen molar-refractivity contribution in [3.05, 3.63) is 47.9 Å². The highest BCUT2D eigenvalue weighted by molar-refractivity contribution is 5.32. The van der Waals surface area contributed by atoms with Crippen LogP contribution in [0, 0.1) is 6.92 Å². The summed E-state index contributed by atoms with van der Waals surface area (Å²) in [5.41, 5.74) is 0.840. The second-order valence-corrected chi connectivity index (χ2v) is 4.68. The molecule has 20 heavy (non-hydrogen) atoms. The largest absolute Gasteiger partial charge is 0.438 e.